The molecule has 3 aromatic heterocycles. The van der Waals surface area contributed by atoms with Gasteiger partial charge in [0, 0.05) is 10.9 Å². The molecule has 1 atom stereocenters. The van der Waals surface area contributed by atoms with Crippen molar-refractivity contribution in [2.24, 2.45) is 0 Å². The van der Waals surface area contributed by atoms with Crippen LogP contribution in [0, 0.1) is 0 Å². The van der Waals surface area contributed by atoms with E-state index in [1.165, 1.54) is 11.3 Å². The molecule has 0 fully saturated rings. The molecule has 7 heteroatoms. The summed E-state index contributed by atoms with van der Waals surface area (Å²) in [5.41, 5.74) is 1.57. The number of thiophene rings is 1. The average Bonchev–Trinajstić information content (AvgIpc) is 3.03. The fraction of sp³-hybridized carbons (Fsp3) is 0.286. The number of imidazole rings is 1. The number of alkyl halides is 1. The third kappa shape index (κ3) is 2.86. The molecule has 1 unspecified atom stereocenters. The normalized spacial score (nSPS) is 12.8. The first kappa shape index (κ1) is 14.6. The van der Waals surface area contributed by atoms with Crippen LogP contribution >= 0.6 is 34.5 Å². The van der Waals surface area contributed by atoms with E-state index in [0.29, 0.717) is 12.4 Å². The first-order chi connectivity index (χ1) is 10.1. The monoisotopic (exact) mass is 341 g/mol. The molecule has 21 heavy (non-hydrogen) atoms. The van der Waals surface area contributed by atoms with Gasteiger partial charge in [-0.1, -0.05) is 11.6 Å². The Bertz CT molecular complexity index is 782. The van der Waals surface area contributed by atoms with Gasteiger partial charge in [0.15, 0.2) is 5.65 Å². The van der Waals surface area contributed by atoms with Crippen molar-refractivity contribution < 1.29 is 4.74 Å². The van der Waals surface area contributed by atoms with Crippen LogP contribution in [0.5, 0.6) is 5.88 Å². The minimum absolute atomic E-state index is 0.208. The molecule has 0 aliphatic rings. The number of hydrogen-bond donors (Lipinski definition) is 0. The van der Waals surface area contributed by atoms with E-state index >= 15 is 0 Å². The van der Waals surface area contributed by atoms with E-state index in [-0.39, 0.29) is 5.38 Å². The lowest BCUT2D eigenvalue weighted by Gasteiger charge is -2.09. The van der Waals surface area contributed by atoms with E-state index in [1.807, 2.05) is 29.7 Å². The van der Waals surface area contributed by atoms with Gasteiger partial charge in [0.1, 0.15) is 11.3 Å². The van der Waals surface area contributed by atoms with Gasteiger partial charge in [-0.15, -0.1) is 22.9 Å². The summed E-state index contributed by atoms with van der Waals surface area (Å²) in [7, 11) is 1.60. The minimum Gasteiger partial charge on any atom is -0.481 e. The van der Waals surface area contributed by atoms with Crippen LogP contribution in [0.3, 0.4) is 0 Å². The lowest BCUT2D eigenvalue weighted by molar-refractivity contribution is 0.399. The van der Waals surface area contributed by atoms with Crippen LogP contribution in [-0.2, 0) is 6.54 Å². The van der Waals surface area contributed by atoms with Crippen molar-refractivity contribution >= 4 is 45.7 Å². The molecule has 0 aromatic carbocycles. The summed E-state index contributed by atoms with van der Waals surface area (Å²) < 4.78 is 7.97. The minimum atomic E-state index is -0.208. The maximum absolute atomic E-state index is 6.26. The molecule has 0 aliphatic carbocycles. The molecule has 0 radical (unpaired) electrons. The highest BCUT2D eigenvalue weighted by Gasteiger charge is 2.17. The molecular weight excluding hydrogens is 329 g/mol. The standard InChI is InChI=1S/C14H13Cl2N3OS/c1-8(15)13-17-10-4-6-12(20-2)18-14(10)19(13)7-9-3-5-11(16)21-9/h3-6,8H,7H2,1-2H3. The Labute approximate surface area is 136 Å². The highest BCUT2D eigenvalue weighted by Crippen LogP contribution is 2.28. The molecule has 0 saturated heterocycles. The Balaban J connectivity index is 2.14. The van der Waals surface area contributed by atoms with Crippen molar-refractivity contribution in [2.45, 2.75) is 18.8 Å². The molecule has 0 bridgehead atoms. The van der Waals surface area contributed by atoms with Crippen LogP contribution in [0.25, 0.3) is 11.2 Å². The van der Waals surface area contributed by atoms with Crippen molar-refractivity contribution in [3.8, 4) is 5.88 Å². The van der Waals surface area contributed by atoms with Crippen LogP contribution in [-0.4, -0.2) is 21.6 Å². The van der Waals surface area contributed by atoms with Gasteiger partial charge < -0.3 is 9.30 Å². The fourth-order valence-electron chi connectivity index (χ4n) is 2.17. The number of hydrogen-bond acceptors (Lipinski definition) is 4. The number of nitrogens with zero attached hydrogens (tertiary/aromatic N) is 3. The average molecular weight is 342 g/mol. The van der Waals surface area contributed by atoms with Gasteiger partial charge in [0.2, 0.25) is 5.88 Å². The topological polar surface area (TPSA) is 39.9 Å². The van der Waals surface area contributed by atoms with Crippen molar-refractivity contribution in [1.82, 2.24) is 14.5 Å². The van der Waals surface area contributed by atoms with E-state index in [0.717, 1.165) is 26.2 Å². The Kier molecular flexibility index (Phi) is 4.06. The van der Waals surface area contributed by atoms with Gasteiger partial charge in [-0.2, -0.15) is 4.98 Å². The molecule has 0 saturated carbocycles. The summed E-state index contributed by atoms with van der Waals surface area (Å²) in [6.45, 7) is 2.54. The predicted molar refractivity (Wildman–Crippen MR) is 86.8 cm³/mol. The van der Waals surface area contributed by atoms with E-state index in [1.54, 1.807) is 13.2 Å². The van der Waals surface area contributed by atoms with Crippen molar-refractivity contribution in [1.29, 1.82) is 0 Å². The molecule has 0 aliphatic heterocycles. The SMILES string of the molecule is COc1ccc2nc(C(C)Cl)n(Cc3ccc(Cl)s3)c2n1. The second kappa shape index (κ2) is 5.83. The summed E-state index contributed by atoms with van der Waals surface area (Å²) in [6, 6.07) is 7.58. The second-order valence-electron chi connectivity index (χ2n) is 4.57. The third-order valence-electron chi connectivity index (χ3n) is 3.10. The fourth-order valence-corrected chi connectivity index (χ4v) is 3.41. The lowest BCUT2D eigenvalue weighted by atomic mass is 10.4. The number of fused-ring (bicyclic) bond motifs is 1. The summed E-state index contributed by atoms with van der Waals surface area (Å²) in [5, 5.41) is -0.208. The molecule has 4 nitrogen and oxygen atoms in total. The molecule has 110 valence electrons. The van der Waals surface area contributed by atoms with Crippen LogP contribution in [0.15, 0.2) is 24.3 Å². The maximum atomic E-state index is 6.26. The van der Waals surface area contributed by atoms with Crippen LogP contribution < -0.4 is 4.74 Å². The van der Waals surface area contributed by atoms with Gasteiger partial charge in [-0.25, -0.2) is 4.98 Å². The van der Waals surface area contributed by atoms with Gasteiger partial charge in [0.25, 0.3) is 0 Å². The smallest absolute Gasteiger partial charge is 0.215 e. The van der Waals surface area contributed by atoms with E-state index in [2.05, 4.69) is 9.97 Å². The quantitative estimate of drug-likeness (QED) is 0.655. The number of halogens is 2. The zero-order valence-corrected chi connectivity index (χ0v) is 13.8. The van der Waals surface area contributed by atoms with Gasteiger partial charge in [-0.3, -0.25) is 0 Å². The Hall–Kier alpha value is -1.30. The summed E-state index contributed by atoms with van der Waals surface area (Å²) in [5.74, 6) is 1.35. The maximum Gasteiger partial charge on any atom is 0.215 e. The second-order valence-corrected chi connectivity index (χ2v) is 7.03. The number of methoxy groups -OCH3 is 1. The highest BCUT2D eigenvalue weighted by atomic mass is 35.5. The van der Waals surface area contributed by atoms with Crippen molar-refractivity contribution in [3.63, 3.8) is 0 Å². The van der Waals surface area contributed by atoms with Crippen molar-refractivity contribution in [3.05, 3.63) is 39.3 Å². The zero-order valence-electron chi connectivity index (χ0n) is 11.5. The largest absolute Gasteiger partial charge is 0.481 e. The molecule has 3 heterocycles. The lowest BCUT2D eigenvalue weighted by Crippen LogP contribution is -2.05. The van der Waals surface area contributed by atoms with Crippen LogP contribution in [0.2, 0.25) is 4.34 Å². The van der Waals surface area contributed by atoms with E-state index in [9.17, 15) is 0 Å². The highest BCUT2D eigenvalue weighted by molar-refractivity contribution is 7.16. The van der Waals surface area contributed by atoms with Gasteiger partial charge in [0.05, 0.1) is 23.4 Å². The number of rotatable bonds is 4. The molecular formula is C14H13Cl2N3OS. The summed E-state index contributed by atoms with van der Waals surface area (Å²) in [6.07, 6.45) is 0. The molecule has 3 aromatic rings. The third-order valence-corrected chi connectivity index (χ3v) is 4.52. The Morgan fingerprint density at radius 1 is 1.29 bits per heavy atom. The number of aromatic nitrogens is 3. The summed E-state index contributed by atoms with van der Waals surface area (Å²) >= 11 is 13.8. The Morgan fingerprint density at radius 3 is 2.71 bits per heavy atom. The van der Waals surface area contributed by atoms with E-state index in [4.69, 9.17) is 27.9 Å². The van der Waals surface area contributed by atoms with Crippen LogP contribution in [0.4, 0.5) is 0 Å². The van der Waals surface area contributed by atoms with E-state index < -0.39 is 0 Å². The first-order valence-corrected chi connectivity index (χ1v) is 8.01. The number of pyridine rings is 1. The molecule has 0 spiro atoms. The Morgan fingerprint density at radius 2 is 2.10 bits per heavy atom. The zero-order chi connectivity index (χ0) is 15.0. The summed E-state index contributed by atoms with van der Waals surface area (Å²) in [4.78, 5) is 10.2. The molecule has 0 amide bonds. The molecule has 0 N–H and O–H groups in total. The van der Waals surface area contributed by atoms with Crippen molar-refractivity contribution in [2.75, 3.05) is 7.11 Å². The predicted octanol–water partition coefficient (Wildman–Crippen LogP) is 4.50. The first-order valence-electron chi connectivity index (χ1n) is 6.38. The number of ether oxygens (including phenoxy) is 1. The molecule has 3 rings (SSSR count). The van der Waals surface area contributed by atoms with Gasteiger partial charge in [-0.05, 0) is 25.1 Å². The van der Waals surface area contributed by atoms with Gasteiger partial charge >= 0.3 is 0 Å². The van der Waals surface area contributed by atoms with Crippen LogP contribution in [0.1, 0.15) is 23.0 Å².